The van der Waals surface area contributed by atoms with E-state index >= 15 is 0 Å². The molecule has 0 aliphatic carbocycles. The van der Waals surface area contributed by atoms with Crippen LogP contribution in [0, 0.1) is 0 Å². The van der Waals surface area contributed by atoms with Gasteiger partial charge in [0.2, 0.25) is 15.9 Å². The van der Waals surface area contributed by atoms with Gasteiger partial charge >= 0.3 is 0 Å². The van der Waals surface area contributed by atoms with E-state index < -0.39 is 10.0 Å². The number of nitrogens with one attached hydrogen (secondary N) is 2. The molecule has 2 N–H and O–H groups in total. The van der Waals surface area contributed by atoms with Crippen LogP contribution in [0.5, 0.6) is 0 Å². The summed E-state index contributed by atoms with van der Waals surface area (Å²) in [7, 11) is -3.63. The molecule has 1 aliphatic rings. The largest absolute Gasteiger partial charge is 0.358 e. The Morgan fingerprint density at radius 1 is 1.19 bits per heavy atom. The summed E-state index contributed by atoms with van der Waals surface area (Å²) in [5, 5.41) is 4.21. The molecule has 0 saturated heterocycles. The number of carbonyl (C=O) groups is 1. The minimum Gasteiger partial charge on any atom is -0.358 e. The highest BCUT2D eigenvalue weighted by Gasteiger charge is 2.30. The summed E-state index contributed by atoms with van der Waals surface area (Å²) in [6, 6.07) is 11.8. The maximum atomic E-state index is 13.1. The van der Waals surface area contributed by atoms with Gasteiger partial charge in [-0.1, -0.05) is 11.6 Å². The number of aromatic nitrogens is 1. The quantitative estimate of drug-likeness (QED) is 0.701. The number of amides is 1. The van der Waals surface area contributed by atoms with Crippen molar-refractivity contribution >= 4 is 44.1 Å². The third-order valence-corrected chi connectivity index (χ3v) is 6.81. The SMILES string of the molecule is CC(=O)Nc1ccc(S(=O)(=O)N2CCc3[nH]c4ccc(Cl)cc4c3C2)cc1. The molecule has 0 unspecified atom stereocenters. The number of H-pyrrole nitrogens is 1. The molecule has 140 valence electrons. The molecule has 4 rings (SSSR count). The number of rotatable bonds is 3. The van der Waals surface area contributed by atoms with Gasteiger partial charge in [-0.05, 0) is 48.0 Å². The molecule has 0 atom stereocenters. The van der Waals surface area contributed by atoms with Gasteiger partial charge in [0.1, 0.15) is 0 Å². The van der Waals surface area contributed by atoms with Crippen LogP contribution in [0.1, 0.15) is 18.2 Å². The fraction of sp³-hybridized carbons (Fsp3) is 0.211. The molecule has 1 aliphatic heterocycles. The van der Waals surface area contributed by atoms with E-state index in [1.165, 1.54) is 23.4 Å². The van der Waals surface area contributed by atoms with E-state index in [1.807, 2.05) is 18.2 Å². The second-order valence-corrected chi connectivity index (χ2v) is 8.94. The van der Waals surface area contributed by atoms with Gasteiger partial charge in [-0.25, -0.2) is 8.42 Å². The fourth-order valence-electron chi connectivity index (χ4n) is 3.43. The van der Waals surface area contributed by atoms with Crippen molar-refractivity contribution in [3.8, 4) is 0 Å². The molecule has 6 nitrogen and oxygen atoms in total. The molecular weight excluding hydrogens is 386 g/mol. The van der Waals surface area contributed by atoms with Crippen molar-refractivity contribution in [1.82, 2.24) is 9.29 Å². The molecule has 1 amide bonds. The standard InChI is InChI=1S/C19H18ClN3O3S/c1-12(24)21-14-3-5-15(6-4-14)27(25,26)23-9-8-19-17(11-23)16-10-13(20)2-7-18(16)22-19/h2-7,10,22H,8-9,11H2,1H3,(H,21,24). The van der Waals surface area contributed by atoms with E-state index in [4.69, 9.17) is 11.6 Å². The number of carbonyl (C=O) groups excluding carboxylic acids is 1. The highest BCUT2D eigenvalue weighted by Crippen LogP contribution is 2.32. The van der Waals surface area contributed by atoms with Gasteiger partial charge in [-0.3, -0.25) is 4.79 Å². The first-order valence-electron chi connectivity index (χ1n) is 8.51. The van der Waals surface area contributed by atoms with Crippen molar-refractivity contribution in [2.45, 2.75) is 24.8 Å². The summed E-state index contributed by atoms with van der Waals surface area (Å²) in [6.07, 6.45) is 0.616. The maximum Gasteiger partial charge on any atom is 0.243 e. The number of hydrogen-bond acceptors (Lipinski definition) is 3. The fourth-order valence-corrected chi connectivity index (χ4v) is 5.01. The first kappa shape index (κ1) is 18.0. The topological polar surface area (TPSA) is 82.3 Å². The van der Waals surface area contributed by atoms with Crippen molar-refractivity contribution in [3.63, 3.8) is 0 Å². The summed E-state index contributed by atoms with van der Waals surface area (Å²) in [5.41, 5.74) is 3.55. The normalized spacial score (nSPS) is 14.9. The van der Waals surface area contributed by atoms with E-state index in [0.29, 0.717) is 30.2 Å². The second-order valence-electron chi connectivity index (χ2n) is 6.57. The molecule has 0 saturated carbocycles. The van der Waals surface area contributed by atoms with Gasteiger partial charge in [0.25, 0.3) is 0 Å². The van der Waals surface area contributed by atoms with E-state index in [0.717, 1.165) is 22.2 Å². The van der Waals surface area contributed by atoms with Crippen LogP contribution in [-0.2, 0) is 27.8 Å². The van der Waals surface area contributed by atoms with Crippen molar-refractivity contribution < 1.29 is 13.2 Å². The summed E-state index contributed by atoms with van der Waals surface area (Å²) >= 11 is 6.12. The number of sulfonamides is 1. The van der Waals surface area contributed by atoms with E-state index in [1.54, 1.807) is 12.1 Å². The molecule has 2 heterocycles. The average Bonchev–Trinajstić information content (AvgIpc) is 2.99. The minimum absolute atomic E-state index is 0.202. The van der Waals surface area contributed by atoms with Crippen LogP contribution >= 0.6 is 11.6 Å². The number of nitrogens with zero attached hydrogens (tertiary/aromatic N) is 1. The number of benzene rings is 2. The Labute approximate surface area is 162 Å². The number of anilines is 1. The summed E-state index contributed by atoms with van der Waals surface area (Å²) in [6.45, 7) is 2.11. The Bertz CT molecular complexity index is 1140. The molecule has 0 bridgehead atoms. The highest BCUT2D eigenvalue weighted by molar-refractivity contribution is 7.89. The van der Waals surface area contributed by atoms with E-state index in [-0.39, 0.29) is 10.8 Å². The third kappa shape index (κ3) is 3.34. The lowest BCUT2D eigenvalue weighted by atomic mass is 10.1. The monoisotopic (exact) mass is 403 g/mol. The lowest BCUT2D eigenvalue weighted by Gasteiger charge is -2.26. The third-order valence-electron chi connectivity index (χ3n) is 4.71. The van der Waals surface area contributed by atoms with Crippen LogP contribution in [0.2, 0.25) is 5.02 Å². The highest BCUT2D eigenvalue weighted by atomic mass is 35.5. The Kier molecular flexibility index (Phi) is 4.46. The average molecular weight is 404 g/mol. The van der Waals surface area contributed by atoms with Gasteiger partial charge in [-0.2, -0.15) is 4.31 Å². The smallest absolute Gasteiger partial charge is 0.243 e. The molecule has 0 spiro atoms. The van der Waals surface area contributed by atoms with Crippen LogP contribution in [0.15, 0.2) is 47.4 Å². The zero-order valence-corrected chi connectivity index (χ0v) is 16.2. The van der Waals surface area contributed by atoms with Crippen LogP contribution < -0.4 is 5.32 Å². The Morgan fingerprint density at radius 3 is 2.63 bits per heavy atom. The molecule has 2 aromatic carbocycles. The van der Waals surface area contributed by atoms with E-state index in [9.17, 15) is 13.2 Å². The molecule has 0 fully saturated rings. The van der Waals surface area contributed by atoms with Crippen molar-refractivity contribution in [1.29, 1.82) is 0 Å². The number of hydrogen-bond donors (Lipinski definition) is 2. The second kappa shape index (κ2) is 6.67. The summed E-state index contributed by atoms with van der Waals surface area (Å²) in [5.74, 6) is -0.202. The van der Waals surface area contributed by atoms with Crippen LogP contribution in [0.3, 0.4) is 0 Å². The van der Waals surface area contributed by atoms with Gasteiger partial charge in [-0.15, -0.1) is 0 Å². The number of halogens is 1. The molecule has 27 heavy (non-hydrogen) atoms. The van der Waals surface area contributed by atoms with E-state index in [2.05, 4.69) is 10.3 Å². The van der Waals surface area contributed by atoms with Crippen molar-refractivity contribution in [2.24, 2.45) is 0 Å². The Morgan fingerprint density at radius 2 is 1.93 bits per heavy atom. The van der Waals surface area contributed by atoms with Gasteiger partial charge in [0.15, 0.2) is 0 Å². The number of fused-ring (bicyclic) bond motifs is 3. The molecule has 8 heteroatoms. The molecule has 1 aromatic heterocycles. The minimum atomic E-state index is -3.63. The predicted molar refractivity (Wildman–Crippen MR) is 105 cm³/mol. The predicted octanol–water partition coefficient (Wildman–Crippen LogP) is 3.53. The maximum absolute atomic E-state index is 13.1. The molecule has 0 radical (unpaired) electrons. The zero-order valence-electron chi connectivity index (χ0n) is 14.6. The van der Waals surface area contributed by atoms with Gasteiger partial charge in [0.05, 0.1) is 4.90 Å². The Balaban J connectivity index is 1.65. The first-order valence-corrected chi connectivity index (χ1v) is 10.3. The van der Waals surface area contributed by atoms with Crippen molar-refractivity contribution in [2.75, 3.05) is 11.9 Å². The Hall–Kier alpha value is -2.35. The van der Waals surface area contributed by atoms with Crippen LogP contribution in [0.4, 0.5) is 5.69 Å². The number of aromatic amines is 1. The van der Waals surface area contributed by atoms with Crippen LogP contribution in [0.25, 0.3) is 10.9 Å². The van der Waals surface area contributed by atoms with Gasteiger partial charge < -0.3 is 10.3 Å². The molecular formula is C19H18ClN3O3S. The lowest BCUT2D eigenvalue weighted by molar-refractivity contribution is -0.114. The molecule has 3 aromatic rings. The zero-order chi connectivity index (χ0) is 19.2. The summed E-state index contributed by atoms with van der Waals surface area (Å²) < 4.78 is 27.6. The van der Waals surface area contributed by atoms with Crippen LogP contribution in [-0.4, -0.2) is 30.2 Å². The van der Waals surface area contributed by atoms with Gasteiger partial charge in [0, 0.05) is 53.7 Å². The van der Waals surface area contributed by atoms with Crippen molar-refractivity contribution in [3.05, 3.63) is 58.7 Å². The summed E-state index contributed by atoms with van der Waals surface area (Å²) in [4.78, 5) is 14.7. The lowest BCUT2D eigenvalue weighted by Crippen LogP contribution is -2.35. The first-order chi connectivity index (χ1) is 12.8.